The minimum Gasteiger partial charge on any atom is -0.428 e. The Balaban J connectivity index is 3.31. The van der Waals surface area contributed by atoms with Crippen molar-refractivity contribution in [2.45, 2.75) is 52.4 Å². The number of hydrogen-bond donors (Lipinski definition) is 1. The van der Waals surface area contributed by atoms with Crippen LogP contribution in [0.3, 0.4) is 0 Å². The standard InChI is InChI=1S/C11H20N2O/c1-10(2,3)7-8(11(4,5)6)14-9(12)13-7/h1-6H3,(H2,12,13). The van der Waals surface area contributed by atoms with Crippen molar-refractivity contribution < 1.29 is 4.42 Å². The molecule has 1 aromatic heterocycles. The van der Waals surface area contributed by atoms with E-state index in [0.717, 1.165) is 11.5 Å². The van der Waals surface area contributed by atoms with Gasteiger partial charge in [-0.15, -0.1) is 0 Å². The molecule has 0 aromatic carbocycles. The number of hydrogen-bond acceptors (Lipinski definition) is 3. The van der Waals surface area contributed by atoms with Crippen LogP contribution in [0.4, 0.5) is 6.01 Å². The van der Waals surface area contributed by atoms with Gasteiger partial charge in [0.25, 0.3) is 6.01 Å². The van der Waals surface area contributed by atoms with Crippen molar-refractivity contribution >= 4 is 6.01 Å². The Hall–Kier alpha value is -0.990. The predicted octanol–water partition coefficient (Wildman–Crippen LogP) is 2.85. The van der Waals surface area contributed by atoms with Gasteiger partial charge in [-0.2, -0.15) is 4.98 Å². The van der Waals surface area contributed by atoms with Gasteiger partial charge in [0.15, 0.2) is 0 Å². The number of nitrogens with zero attached hydrogens (tertiary/aromatic N) is 1. The van der Waals surface area contributed by atoms with Crippen LogP contribution in [0.2, 0.25) is 0 Å². The maximum Gasteiger partial charge on any atom is 0.292 e. The van der Waals surface area contributed by atoms with Crippen LogP contribution in [-0.2, 0) is 10.8 Å². The Labute approximate surface area is 85.7 Å². The molecule has 2 N–H and O–H groups in total. The molecule has 0 aliphatic carbocycles. The molecule has 3 nitrogen and oxygen atoms in total. The Kier molecular flexibility index (Phi) is 2.38. The van der Waals surface area contributed by atoms with Gasteiger partial charge in [-0.25, -0.2) is 0 Å². The van der Waals surface area contributed by atoms with E-state index in [1.807, 2.05) is 0 Å². The third-order valence-electron chi connectivity index (χ3n) is 2.04. The molecule has 0 saturated carbocycles. The van der Waals surface area contributed by atoms with E-state index in [-0.39, 0.29) is 16.8 Å². The van der Waals surface area contributed by atoms with Gasteiger partial charge < -0.3 is 10.2 Å². The molecule has 1 rings (SSSR count). The minimum absolute atomic E-state index is 0.0241. The first-order valence-corrected chi connectivity index (χ1v) is 4.89. The monoisotopic (exact) mass is 196 g/mol. The highest BCUT2D eigenvalue weighted by atomic mass is 16.4. The highest BCUT2D eigenvalue weighted by molar-refractivity contribution is 5.29. The second kappa shape index (κ2) is 3.01. The zero-order chi connectivity index (χ0) is 11.1. The second-order valence-electron chi connectivity index (χ2n) is 5.73. The van der Waals surface area contributed by atoms with Crippen molar-refractivity contribution in [1.82, 2.24) is 4.98 Å². The van der Waals surface area contributed by atoms with Gasteiger partial charge in [0.2, 0.25) is 0 Å². The summed E-state index contributed by atoms with van der Waals surface area (Å²) in [4.78, 5) is 4.26. The molecular formula is C11H20N2O. The van der Waals surface area contributed by atoms with Gasteiger partial charge in [0.05, 0.1) is 5.69 Å². The Bertz CT molecular complexity index is 295. The molecule has 0 fully saturated rings. The summed E-state index contributed by atoms with van der Waals surface area (Å²) < 4.78 is 5.47. The van der Waals surface area contributed by atoms with Crippen molar-refractivity contribution in [1.29, 1.82) is 0 Å². The summed E-state index contributed by atoms with van der Waals surface area (Å²) in [5, 5.41) is 0. The van der Waals surface area contributed by atoms with E-state index >= 15 is 0 Å². The fourth-order valence-corrected chi connectivity index (χ4v) is 1.35. The average Bonchev–Trinajstić information content (AvgIpc) is 2.27. The fraction of sp³-hybridized carbons (Fsp3) is 0.727. The third kappa shape index (κ3) is 2.08. The summed E-state index contributed by atoms with van der Waals surface area (Å²) in [5.41, 5.74) is 6.48. The van der Waals surface area contributed by atoms with Crippen LogP contribution in [-0.4, -0.2) is 4.98 Å². The SMILES string of the molecule is CC(C)(C)c1nc(N)oc1C(C)(C)C. The molecule has 0 unspecified atom stereocenters. The van der Waals surface area contributed by atoms with E-state index in [4.69, 9.17) is 10.2 Å². The molecule has 0 amide bonds. The van der Waals surface area contributed by atoms with Gasteiger partial charge in [-0.3, -0.25) is 0 Å². The molecule has 80 valence electrons. The van der Waals surface area contributed by atoms with Crippen LogP contribution >= 0.6 is 0 Å². The summed E-state index contributed by atoms with van der Waals surface area (Å²) >= 11 is 0. The van der Waals surface area contributed by atoms with E-state index in [1.165, 1.54) is 0 Å². The zero-order valence-corrected chi connectivity index (χ0v) is 9.93. The van der Waals surface area contributed by atoms with Gasteiger partial charge in [-0.1, -0.05) is 41.5 Å². The molecule has 3 heteroatoms. The molecular weight excluding hydrogens is 176 g/mol. The molecule has 14 heavy (non-hydrogen) atoms. The van der Waals surface area contributed by atoms with Crippen LogP contribution in [0, 0.1) is 0 Å². The van der Waals surface area contributed by atoms with Crippen molar-refractivity contribution in [2.75, 3.05) is 5.73 Å². The first-order valence-electron chi connectivity index (χ1n) is 4.89. The highest BCUT2D eigenvalue weighted by Gasteiger charge is 2.30. The topological polar surface area (TPSA) is 52.0 Å². The van der Waals surface area contributed by atoms with E-state index in [1.54, 1.807) is 0 Å². The lowest BCUT2D eigenvalue weighted by Crippen LogP contribution is -2.20. The fourth-order valence-electron chi connectivity index (χ4n) is 1.35. The van der Waals surface area contributed by atoms with Crippen LogP contribution in [0.5, 0.6) is 0 Å². The normalized spacial score (nSPS) is 13.3. The summed E-state index contributed by atoms with van der Waals surface area (Å²) in [6.45, 7) is 12.6. The zero-order valence-electron chi connectivity index (χ0n) is 9.93. The average molecular weight is 196 g/mol. The number of oxazole rings is 1. The lowest BCUT2D eigenvalue weighted by atomic mass is 9.83. The van der Waals surface area contributed by atoms with E-state index in [2.05, 4.69) is 46.5 Å². The van der Waals surface area contributed by atoms with Crippen LogP contribution in [0.1, 0.15) is 53.0 Å². The lowest BCUT2D eigenvalue weighted by molar-refractivity contribution is 0.400. The Morgan fingerprint density at radius 1 is 1.00 bits per heavy atom. The van der Waals surface area contributed by atoms with Crippen LogP contribution in [0.25, 0.3) is 0 Å². The molecule has 0 aliphatic rings. The number of anilines is 1. The Morgan fingerprint density at radius 3 is 1.79 bits per heavy atom. The largest absolute Gasteiger partial charge is 0.428 e. The van der Waals surface area contributed by atoms with E-state index in [0.29, 0.717) is 0 Å². The highest BCUT2D eigenvalue weighted by Crippen LogP contribution is 2.34. The predicted molar refractivity (Wildman–Crippen MR) is 58.3 cm³/mol. The molecule has 1 heterocycles. The summed E-state index contributed by atoms with van der Waals surface area (Å²) in [7, 11) is 0. The Morgan fingerprint density at radius 2 is 1.50 bits per heavy atom. The number of nitrogens with two attached hydrogens (primary N) is 1. The number of nitrogen functional groups attached to an aromatic ring is 1. The number of rotatable bonds is 0. The lowest BCUT2D eigenvalue weighted by Gasteiger charge is -2.22. The maximum absolute atomic E-state index is 5.60. The molecule has 1 aromatic rings. The maximum atomic E-state index is 5.60. The third-order valence-corrected chi connectivity index (χ3v) is 2.04. The van der Waals surface area contributed by atoms with Gasteiger partial charge >= 0.3 is 0 Å². The molecule has 0 spiro atoms. The molecule has 0 aliphatic heterocycles. The molecule has 0 atom stereocenters. The van der Waals surface area contributed by atoms with Crippen molar-refractivity contribution in [3.8, 4) is 0 Å². The molecule has 0 saturated heterocycles. The smallest absolute Gasteiger partial charge is 0.292 e. The van der Waals surface area contributed by atoms with Crippen LogP contribution in [0.15, 0.2) is 4.42 Å². The summed E-state index contributed by atoms with van der Waals surface area (Å²) in [5.74, 6) is 0.891. The molecule has 0 bridgehead atoms. The summed E-state index contributed by atoms with van der Waals surface area (Å²) in [6.07, 6.45) is 0. The quantitative estimate of drug-likeness (QED) is 0.694. The minimum atomic E-state index is -0.0484. The van der Waals surface area contributed by atoms with E-state index < -0.39 is 0 Å². The molecule has 0 radical (unpaired) electrons. The van der Waals surface area contributed by atoms with Gasteiger partial charge in [0, 0.05) is 10.8 Å². The second-order valence-corrected chi connectivity index (χ2v) is 5.73. The van der Waals surface area contributed by atoms with Crippen LogP contribution < -0.4 is 5.73 Å². The van der Waals surface area contributed by atoms with Crippen molar-refractivity contribution in [3.05, 3.63) is 11.5 Å². The first-order chi connectivity index (χ1) is 6.12. The van der Waals surface area contributed by atoms with Gasteiger partial charge in [0.1, 0.15) is 5.76 Å². The first kappa shape index (κ1) is 11.1. The van der Waals surface area contributed by atoms with Crippen molar-refractivity contribution in [2.24, 2.45) is 0 Å². The summed E-state index contributed by atoms with van der Waals surface area (Å²) in [6, 6.07) is 0.264. The van der Waals surface area contributed by atoms with Crippen molar-refractivity contribution in [3.63, 3.8) is 0 Å². The van der Waals surface area contributed by atoms with Gasteiger partial charge in [-0.05, 0) is 0 Å². The number of aromatic nitrogens is 1. The van der Waals surface area contributed by atoms with E-state index in [9.17, 15) is 0 Å².